The van der Waals surface area contributed by atoms with E-state index in [1.165, 1.54) is 24.4 Å². The second-order valence-electron chi connectivity index (χ2n) is 6.58. The van der Waals surface area contributed by atoms with Gasteiger partial charge < -0.3 is 26.0 Å². The smallest absolute Gasteiger partial charge is 0.222 e. The van der Waals surface area contributed by atoms with Crippen molar-refractivity contribution in [2.75, 3.05) is 30.4 Å². The van der Waals surface area contributed by atoms with Crippen LogP contribution in [-0.2, 0) is 4.79 Å². The fourth-order valence-corrected chi connectivity index (χ4v) is 3.33. The van der Waals surface area contributed by atoms with E-state index in [2.05, 4.69) is 15.5 Å². The number of halogens is 1. The Kier molecular flexibility index (Phi) is 5.59. The zero-order chi connectivity index (χ0) is 19.4. The molecule has 142 valence electrons. The van der Waals surface area contributed by atoms with Crippen molar-refractivity contribution in [1.82, 2.24) is 5.32 Å². The van der Waals surface area contributed by atoms with Gasteiger partial charge in [-0.1, -0.05) is 0 Å². The summed E-state index contributed by atoms with van der Waals surface area (Å²) in [5.41, 5.74) is 2.91. The predicted octanol–water partition coefficient (Wildman–Crippen LogP) is 3.23. The Morgan fingerprint density at radius 2 is 2.00 bits per heavy atom. The molecule has 0 bridgehead atoms. The number of phenolic OH excluding ortho intramolecular Hbond substituents is 1. The Morgan fingerprint density at radius 3 is 2.63 bits per heavy atom. The summed E-state index contributed by atoms with van der Waals surface area (Å²) in [6, 6.07) is 9.76. The molecule has 0 saturated carbocycles. The van der Waals surface area contributed by atoms with Crippen LogP contribution < -0.4 is 15.5 Å². The van der Waals surface area contributed by atoms with Crippen molar-refractivity contribution in [3.63, 3.8) is 0 Å². The lowest BCUT2D eigenvalue weighted by atomic mass is 9.95. The van der Waals surface area contributed by atoms with Crippen LogP contribution in [0.25, 0.3) is 0 Å². The maximum Gasteiger partial charge on any atom is 0.222 e. The zero-order valence-corrected chi connectivity index (χ0v) is 15.1. The van der Waals surface area contributed by atoms with Gasteiger partial charge in [0, 0.05) is 61.0 Å². The van der Waals surface area contributed by atoms with Gasteiger partial charge in [0.25, 0.3) is 0 Å². The summed E-state index contributed by atoms with van der Waals surface area (Å²) >= 11 is 0. The van der Waals surface area contributed by atoms with Gasteiger partial charge in [-0.05, 0) is 43.2 Å². The first-order chi connectivity index (χ1) is 13.0. The molecule has 0 aliphatic carbocycles. The van der Waals surface area contributed by atoms with Crippen molar-refractivity contribution >= 4 is 29.2 Å². The predicted molar refractivity (Wildman–Crippen MR) is 105 cm³/mol. The van der Waals surface area contributed by atoms with Crippen LogP contribution in [0.4, 0.5) is 21.5 Å². The van der Waals surface area contributed by atoms with Crippen LogP contribution in [0.5, 0.6) is 5.75 Å². The fraction of sp³-hybridized carbons (Fsp3) is 0.300. The van der Waals surface area contributed by atoms with E-state index < -0.39 is 11.6 Å². The number of nitrogens with zero attached hydrogens (tertiary/aromatic N) is 1. The molecular weight excluding hydrogens is 347 g/mol. The molecule has 1 fully saturated rings. The van der Waals surface area contributed by atoms with Gasteiger partial charge in [-0.3, -0.25) is 4.79 Å². The number of anilines is 3. The Morgan fingerprint density at radius 1 is 1.26 bits per heavy atom. The SMILES string of the molecule is CNC(=O)C1CCN(c2ccc(Nc3ccc(F)c(O)c3)c(C=N)c2)CC1. The van der Waals surface area contributed by atoms with Gasteiger partial charge in [0.2, 0.25) is 5.91 Å². The number of amides is 1. The van der Waals surface area contributed by atoms with Crippen molar-refractivity contribution in [2.24, 2.45) is 5.92 Å². The third kappa shape index (κ3) is 4.19. The van der Waals surface area contributed by atoms with Gasteiger partial charge in [0.1, 0.15) is 0 Å². The van der Waals surface area contributed by atoms with Crippen LogP contribution in [-0.4, -0.2) is 37.4 Å². The number of carbonyl (C=O) groups is 1. The van der Waals surface area contributed by atoms with Crippen LogP contribution >= 0.6 is 0 Å². The lowest BCUT2D eigenvalue weighted by Gasteiger charge is -2.33. The van der Waals surface area contributed by atoms with Crippen molar-refractivity contribution in [3.8, 4) is 5.75 Å². The highest BCUT2D eigenvalue weighted by molar-refractivity contribution is 5.89. The Balaban J connectivity index is 1.74. The summed E-state index contributed by atoms with van der Waals surface area (Å²) in [4.78, 5) is 14.0. The van der Waals surface area contributed by atoms with E-state index >= 15 is 0 Å². The lowest BCUT2D eigenvalue weighted by Crippen LogP contribution is -2.39. The van der Waals surface area contributed by atoms with Gasteiger partial charge in [-0.15, -0.1) is 0 Å². The number of aromatic hydroxyl groups is 1. The molecule has 1 heterocycles. The van der Waals surface area contributed by atoms with Crippen LogP contribution in [0, 0.1) is 17.1 Å². The van der Waals surface area contributed by atoms with E-state index in [4.69, 9.17) is 5.41 Å². The molecule has 7 heteroatoms. The van der Waals surface area contributed by atoms with Crippen LogP contribution in [0.2, 0.25) is 0 Å². The Hall–Kier alpha value is -3.09. The number of benzene rings is 2. The molecular formula is C20H23FN4O2. The summed E-state index contributed by atoms with van der Waals surface area (Å²) in [6.07, 6.45) is 2.86. The minimum absolute atomic E-state index is 0.0561. The molecule has 4 N–H and O–H groups in total. The fourth-order valence-electron chi connectivity index (χ4n) is 3.33. The van der Waals surface area contributed by atoms with Gasteiger partial charge >= 0.3 is 0 Å². The molecule has 6 nitrogen and oxygen atoms in total. The number of nitrogens with one attached hydrogen (secondary N) is 3. The van der Waals surface area contributed by atoms with Crippen molar-refractivity contribution < 1.29 is 14.3 Å². The number of carbonyl (C=O) groups excluding carboxylic acids is 1. The Labute approximate surface area is 157 Å². The summed E-state index contributed by atoms with van der Waals surface area (Å²) in [5, 5.41) is 23.0. The van der Waals surface area contributed by atoms with Gasteiger partial charge in [0.05, 0.1) is 0 Å². The summed E-state index contributed by atoms with van der Waals surface area (Å²) in [6.45, 7) is 1.57. The summed E-state index contributed by atoms with van der Waals surface area (Å²) in [7, 11) is 1.66. The summed E-state index contributed by atoms with van der Waals surface area (Å²) < 4.78 is 13.2. The molecule has 0 spiro atoms. The van der Waals surface area contributed by atoms with Crippen molar-refractivity contribution in [1.29, 1.82) is 5.41 Å². The minimum Gasteiger partial charge on any atom is -0.505 e. The minimum atomic E-state index is -0.677. The maximum absolute atomic E-state index is 13.2. The quantitative estimate of drug-likeness (QED) is 0.609. The van der Waals surface area contributed by atoms with Crippen molar-refractivity contribution in [3.05, 3.63) is 47.8 Å². The highest BCUT2D eigenvalue weighted by Crippen LogP contribution is 2.29. The van der Waals surface area contributed by atoms with E-state index in [1.807, 2.05) is 18.2 Å². The first-order valence-electron chi connectivity index (χ1n) is 8.88. The first-order valence-corrected chi connectivity index (χ1v) is 8.88. The molecule has 1 saturated heterocycles. The average molecular weight is 370 g/mol. The molecule has 2 aromatic rings. The molecule has 27 heavy (non-hydrogen) atoms. The van der Waals surface area contributed by atoms with E-state index in [0.717, 1.165) is 31.6 Å². The Bertz CT molecular complexity index is 848. The topological polar surface area (TPSA) is 88.5 Å². The highest BCUT2D eigenvalue weighted by Gasteiger charge is 2.24. The zero-order valence-electron chi connectivity index (χ0n) is 15.1. The number of hydrogen-bond donors (Lipinski definition) is 4. The second kappa shape index (κ2) is 8.07. The van der Waals surface area contributed by atoms with Gasteiger partial charge in [0.15, 0.2) is 11.6 Å². The monoisotopic (exact) mass is 370 g/mol. The van der Waals surface area contributed by atoms with Crippen molar-refractivity contribution in [2.45, 2.75) is 12.8 Å². The normalized spacial score (nSPS) is 14.7. The standard InChI is InChI=1S/C20H23FN4O2/c1-23-20(27)13-6-8-25(9-7-13)16-3-5-18(14(10-16)12-22)24-15-2-4-17(21)19(26)11-15/h2-5,10-13,22,24,26H,6-9H2,1H3,(H,23,27). The largest absolute Gasteiger partial charge is 0.505 e. The van der Waals surface area contributed by atoms with Gasteiger partial charge in [-0.25, -0.2) is 4.39 Å². The second-order valence-corrected chi connectivity index (χ2v) is 6.58. The highest BCUT2D eigenvalue weighted by atomic mass is 19.1. The van der Waals surface area contributed by atoms with Gasteiger partial charge in [-0.2, -0.15) is 0 Å². The summed E-state index contributed by atoms with van der Waals surface area (Å²) in [5.74, 6) is -0.951. The van der Waals surface area contributed by atoms with E-state index in [9.17, 15) is 14.3 Å². The molecule has 1 aliphatic rings. The van der Waals surface area contributed by atoms with Crippen LogP contribution in [0.3, 0.4) is 0 Å². The number of piperidine rings is 1. The van der Waals surface area contributed by atoms with Crippen LogP contribution in [0.1, 0.15) is 18.4 Å². The maximum atomic E-state index is 13.2. The molecule has 3 rings (SSSR count). The first kappa shape index (κ1) is 18.7. The molecule has 0 radical (unpaired) electrons. The number of hydrogen-bond acceptors (Lipinski definition) is 5. The molecule has 0 unspecified atom stereocenters. The molecule has 0 atom stereocenters. The molecule has 1 amide bonds. The molecule has 2 aromatic carbocycles. The molecule has 1 aliphatic heterocycles. The van der Waals surface area contributed by atoms with E-state index in [-0.39, 0.29) is 11.8 Å². The average Bonchev–Trinajstić information content (AvgIpc) is 2.70. The number of phenols is 1. The van der Waals surface area contributed by atoms with E-state index in [0.29, 0.717) is 16.9 Å². The van der Waals surface area contributed by atoms with Crippen LogP contribution in [0.15, 0.2) is 36.4 Å². The lowest BCUT2D eigenvalue weighted by molar-refractivity contribution is -0.125. The third-order valence-electron chi connectivity index (χ3n) is 4.89. The third-order valence-corrected chi connectivity index (χ3v) is 4.89. The van der Waals surface area contributed by atoms with E-state index in [1.54, 1.807) is 7.05 Å². The number of rotatable bonds is 5. The molecule has 0 aromatic heterocycles.